The summed E-state index contributed by atoms with van der Waals surface area (Å²) < 4.78 is 22.9. The number of nitrogens with zero attached hydrogens (tertiary/aromatic N) is 1. The van der Waals surface area contributed by atoms with Crippen LogP contribution in [0.1, 0.15) is 35.0 Å². The highest BCUT2D eigenvalue weighted by Gasteiger charge is 2.21. The quantitative estimate of drug-likeness (QED) is 0.145. The minimum Gasteiger partial charge on any atom is -0.486 e. The number of hydrogen-bond acceptors (Lipinski definition) is 8. The molecule has 1 aromatic heterocycles. The number of rotatable bonds is 6. The third-order valence-electron chi connectivity index (χ3n) is 6.10. The second-order valence-electron chi connectivity index (χ2n) is 8.62. The van der Waals surface area contributed by atoms with Gasteiger partial charge in [-0.1, -0.05) is 25.5 Å². The fraction of sp³-hybridized carbons (Fsp3) is 0.214. The molecular formula is C28H23NO8. The molecule has 0 atom stereocenters. The second-order valence-corrected chi connectivity index (χ2v) is 8.62. The molecule has 2 heterocycles. The van der Waals surface area contributed by atoms with Gasteiger partial charge < -0.3 is 18.6 Å². The lowest BCUT2D eigenvalue weighted by Gasteiger charge is -2.19. The number of fused-ring (bicyclic) bond motifs is 2. The Morgan fingerprint density at radius 2 is 1.84 bits per heavy atom. The van der Waals surface area contributed by atoms with E-state index in [1.165, 1.54) is 24.3 Å². The van der Waals surface area contributed by atoms with E-state index in [1.54, 1.807) is 31.2 Å². The summed E-state index contributed by atoms with van der Waals surface area (Å²) in [7, 11) is 0. The van der Waals surface area contributed by atoms with E-state index < -0.39 is 10.9 Å². The van der Waals surface area contributed by atoms with Crippen molar-refractivity contribution in [2.75, 3.05) is 13.2 Å². The molecule has 0 radical (unpaired) electrons. The van der Waals surface area contributed by atoms with E-state index in [2.05, 4.69) is 0 Å². The Hall–Kier alpha value is -4.66. The number of carbonyl (C=O) groups excluding carboxylic acids is 1. The lowest BCUT2D eigenvalue weighted by Crippen LogP contribution is -2.15. The van der Waals surface area contributed by atoms with Crippen molar-refractivity contribution in [1.29, 1.82) is 0 Å². The number of non-ortho nitro benzene ring substituents is 1. The smallest absolute Gasteiger partial charge is 0.343 e. The third-order valence-corrected chi connectivity index (χ3v) is 6.10. The molecule has 1 aliphatic heterocycles. The lowest BCUT2D eigenvalue weighted by molar-refractivity contribution is -0.384. The SMILES string of the molecule is CCCc1cc2c(=O)c(-c3ccc4c(c3)OCCO4)c(C)oc2cc1OC(=O)c1cccc([N+](=O)[O-])c1. The molecule has 0 N–H and O–H groups in total. The van der Waals surface area contributed by atoms with Crippen LogP contribution in [0.2, 0.25) is 0 Å². The first-order valence-corrected chi connectivity index (χ1v) is 11.8. The Morgan fingerprint density at radius 1 is 1.05 bits per heavy atom. The zero-order valence-corrected chi connectivity index (χ0v) is 20.2. The summed E-state index contributed by atoms with van der Waals surface area (Å²) in [5.41, 5.74) is 1.59. The van der Waals surface area contributed by atoms with Gasteiger partial charge in [-0.25, -0.2) is 4.79 Å². The number of ether oxygens (including phenoxy) is 3. The van der Waals surface area contributed by atoms with Crippen LogP contribution in [-0.2, 0) is 6.42 Å². The van der Waals surface area contributed by atoms with Gasteiger partial charge in [0.25, 0.3) is 5.69 Å². The molecule has 0 unspecified atom stereocenters. The number of esters is 1. The van der Waals surface area contributed by atoms with Crippen molar-refractivity contribution in [3.8, 4) is 28.4 Å². The summed E-state index contributed by atoms with van der Waals surface area (Å²) in [4.78, 5) is 36.9. The van der Waals surface area contributed by atoms with Gasteiger partial charge in [0.1, 0.15) is 30.3 Å². The molecule has 37 heavy (non-hydrogen) atoms. The Labute approximate surface area is 211 Å². The first-order chi connectivity index (χ1) is 17.9. The maximum Gasteiger partial charge on any atom is 0.343 e. The van der Waals surface area contributed by atoms with Crippen LogP contribution in [0.5, 0.6) is 17.2 Å². The molecular weight excluding hydrogens is 478 g/mol. The van der Waals surface area contributed by atoms with Crippen LogP contribution < -0.4 is 19.6 Å². The molecule has 9 heteroatoms. The van der Waals surface area contributed by atoms with E-state index in [9.17, 15) is 19.7 Å². The van der Waals surface area contributed by atoms with Gasteiger partial charge in [0.05, 0.1) is 21.4 Å². The number of benzene rings is 3. The van der Waals surface area contributed by atoms with Crippen molar-refractivity contribution in [3.05, 3.63) is 91.8 Å². The van der Waals surface area contributed by atoms with Crippen molar-refractivity contribution in [3.63, 3.8) is 0 Å². The van der Waals surface area contributed by atoms with E-state index in [4.69, 9.17) is 18.6 Å². The number of carbonyl (C=O) groups is 1. The predicted molar refractivity (Wildman–Crippen MR) is 136 cm³/mol. The number of hydrogen-bond donors (Lipinski definition) is 0. The summed E-state index contributed by atoms with van der Waals surface area (Å²) >= 11 is 0. The standard InChI is InChI=1S/C28H23NO8/c1-3-5-17-13-21-24(15-23(17)37-28(31)19-6-4-7-20(12-19)29(32)33)36-16(2)26(27(21)30)18-8-9-22-25(14-18)35-11-10-34-22/h4,6-9,12-15H,3,5,10-11H2,1-2H3. The Morgan fingerprint density at radius 3 is 2.59 bits per heavy atom. The van der Waals surface area contributed by atoms with Crippen molar-refractivity contribution < 1.29 is 28.3 Å². The minimum atomic E-state index is -0.743. The third kappa shape index (κ3) is 4.63. The van der Waals surface area contributed by atoms with Gasteiger partial charge in [-0.15, -0.1) is 0 Å². The van der Waals surface area contributed by atoms with Crippen molar-refractivity contribution in [2.45, 2.75) is 26.7 Å². The number of nitro benzene ring substituents is 1. The van der Waals surface area contributed by atoms with E-state index in [0.29, 0.717) is 59.0 Å². The molecule has 0 fully saturated rings. The molecule has 5 rings (SSSR count). The second kappa shape index (κ2) is 9.77. The van der Waals surface area contributed by atoms with Crippen LogP contribution in [0.15, 0.2) is 63.8 Å². The minimum absolute atomic E-state index is 0.0448. The monoisotopic (exact) mass is 501 g/mol. The Bertz CT molecular complexity index is 1600. The fourth-order valence-electron chi connectivity index (χ4n) is 4.38. The number of nitro groups is 1. The van der Waals surface area contributed by atoms with Gasteiger partial charge >= 0.3 is 5.97 Å². The van der Waals surface area contributed by atoms with E-state index in [1.807, 2.05) is 6.92 Å². The molecule has 188 valence electrons. The molecule has 0 bridgehead atoms. The maximum absolute atomic E-state index is 13.6. The molecule has 0 aliphatic carbocycles. The van der Waals surface area contributed by atoms with Crippen LogP contribution in [-0.4, -0.2) is 24.1 Å². The molecule has 0 saturated heterocycles. The van der Waals surface area contributed by atoms with Crippen LogP contribution in [0, 0.1) is 17.0 Å². The van der Waals surface area contributed by atoms with Gasteiger partial charge in [0.15, 0.2) is 11.5 Å². The van der Waals surface area contributed by atoms with Crippen molar-refractivity contribution >= 4 is 22.6 Å². The topological polar surface area (TPSA) is 118 Å². The van der Waals surface area contributed by atoms with Crippen LogP contribution in [0.4, 0.5) is 5.69 Å². The van der Waals surface area contributed by atoms with Crippen LogP contribution >= 0.6 is 0 Å². The number of aryl methyl sites for hydroxylation is 2. The summed E-state index contributed by atoms with van der Waals surface area (Å²) in [6, 6.07) is 13.9. The van der Waals surface area contributed by atoms with Gasteiger partial charge in [-0.2, -0.15) is 0 Å². The van der Waals surface area contributed by atoms with Crippen molar-refractivity contribution in [1.82, 2.24) is 0 Å². The van der Waals surface area contributed by atoms with Crippen molar-refractivity contribution in [2.24, 2.45) is 0 Å². The normalized spacial score (nSPS) is 12.4. The molecule has 1 aliphatic rings. The predicted octanol–water partition coefficient (Wildman–Crippen LogP) is 5.62. The van der Waals surface area contributed by atoms with E-state index in [0.717, 1.165) is 12.5 Å². The molecule has 0 saturated carbocycles. The van der Waals surface area contributed by atoms with Gasteiger partial charge in [0.2, 0.25) is 5.43 Å². The largest absolute Gasteiger partial charge is 0.486 e. The molecule has 4 aromatic rings. The Balaban J connectivity index is 1.57. The zero-order chi connectivity index (χ0) is 26.1. The average molecular weight is 501 g/mol. The molecule has 0 amide bonds. The van der Waals surface area contributed by atoms with Gasteiger partial charge in [-0.3, -0.25) is 14.9 Å². The fourth-order valence-corrected chi connectivity index (χ4v) is 4.38. The summed E-state index contributed by atoms with van der Waals surface area (Å²) in [6.45, 7) is 4.56. The average Bonchev–Trinajstić information content (AvgIpc) is 2.89. The zero-order valence-electron chi connectivity index (χ0n) is 20.2. The lowest BCUT2D eigenvalue weighted by atomic mass is 9.99. The first kappa shape index (κ1) is 24.1. The summed E-state index contributed by atoms with van der Waals surface area (Å²) in [5, 5.41) is 11.4. The molecule has 0 spiro atoms. The van der Waals surface area contributed by atoms with E-state index >= 15 is 0 Å². The summed E-state index contributed by atoms with van der Waals surface area (Å²) in [5.74, 6) is 1.08. The summed E-state index contributed by atoms with van der Waals surface area (Å²) in [6.07, 6.45) is 1.28. The Kier molecular flexibility index (Phi) is 6.35. The van der Waals surface area contributed by atoms with Gasteiger partial charge in [-0.05, 0) is 48.7 Å². The highest BCUT2D eigenvalue weighted by molar-refractivity contribution is 5.93. The highest BCUT2D eigenvalue weighted by Crippen LogP contribution is 2.36. The molecule has 9 nitrogen and oxygen atoms in total. The molecule has 3 aromatic carbocycles. The van der Waals surface area contributed by atoms with E-state index in [-0.39, 0.29) is 28.0 Å². The van der Waals surface area contributed by atoms with Crippen LogP contribution in [0.25, 0.3) is 22.1 Å². The maximum atomic E-state index is 13.6. The van der Waals surface area contributed by atoms with Crippen LogP contribution in [0.3, 0.4) is 0 Å². The highest BCUT2D eigenvalue weighted by atomic mass is 16.6. The first-order valence-electron chi connectivity index (χ1n) is 11.8. The van der Waals surface area contributed by atoms with Gasteiger partial charge in [0, 0.05) is 18.2 Å².